The van der Waals surface area contributed by atoms with E-state index >= 15 is 0 Å². The molecule has 1 aliphatic carbocycles. The predicted octanol–water partition coefficient (Wildman–Crippen LogP) is 2.09. The molecule has 1 aromatic rings. The molecule has 0 aliphatic heterocycles. The van der Waals surface area contributed by atoms with Crippen molar-refractivity contribution in [2.24, 2.45) is 5.92 Å². The molecule has 1 aromatic heterocycles. The maximum Gasteiger partial charge on any atom is 0.223 e. The second kappa shape index (κ2) is 5.21. The van der Waals surface area contributed by atoms with Gasteiger partial charge in [-0.2, -0.15) is 9.97 Å². The molecule has 1 saturated carbocycles. The molecule has 4 N–H and O–H groups in total. The van der Waals surface area contributed by atoms with Crippen molar-refractivity contribution in [3.63, 3.8) is 0 Å². The van der Waals surface area contributed by atoms with Crippen LogP contribution in [-0.2, 0) is 0 Å². The Morgan fingerprint density at radius 3 is 2.71 bits per heavy atom. The van der Waals surface area contributed by atoms with Gasteiger partial charge in [0.2, 0.25) is 5.95 Å². The van der Waals surface area contributed by atoms with Crippen LogP contribution in [0.3, 0.4) is 0 Å². The minimum atomic E-state index is 0.312. The van der Waals surface area contributed by atoms with Crippen LogP contribution in [-0.4, -0.2) is 22.6 Å². The van der Waals surface area contributed by atoms with Crippen LogP contribution in [0.5, 0.6) is 0 Å². The van der Waals surface area contributed by atoms with E-state index in [1.807, 2.05) is 13.0 Å². The van der Waals surface area contributed by atoms with Crippen molar-refractivity contribution in [2.75, 3.05) is 22.9 Å². The zero-order valence-corrected chi connectivity index (χ0v) is 10.5. The molecule has 94 valence electrons. The quantitative estimate of drug-likeness (QED) is 0.728. The number of aromatic nitrogens is 2. The molecule has 2 rings (SSSR count). The van der Waals surface area contributed by atoms with E-state index in [2.05, 4.69) is 27.5 Å². The van der Waals surface area contributed by atoms with E-state index in [1.165, 1.54) is 19.3 Å². The van der Waals surface area contributed by atoms with Crippen LogP contribution in [0.4, 0.5) is 17.6 Å². The van der Waals surface area contributed by atoms with Crippen LogP contribution in [0.1, 0.15) is 33.1 Å². The number of nitrogens with one attached hydrogen (secondary N) is 2. The number of nitrogens with zero attached hydrogens (tertiary/aromatic N) is 2. The molecule has 0 aromatic carbocycles. The first-order chi connectivity index (χ1) is 8.19. The van der Waals surface area contributed by atoms with Crippen molar-refractivity contribution in [1.82, 2.24) is 9.97 Å². The SMILES string of the molecule is CCNc1cc(NC(C)C2CCC2)nc(N)n1. The third kappa shape index (κ3) is 2.99. The summed E-state index contributed by atoms with van der Waals surface area (Å²) < 4.78 is 0. The van der Waals surface area contributed by atoms with E-state index in [1.54, 1.807) is 0 Å². The van der Waals surface area contributed by atoms with E-state index in [0.717, 1.165) is 24.1 Å². The minimum Gasteiger partial charge on any atom is -0.370 e. The van der Waals surface area contributed by atoms with E-state index in [0.29, 0.717) is 12.0 Å². The number of hydrogen-bond donors (Lipinski definition) is 3. The highest BCUT2D eigenvalue weighted by Gasteiger charge is 2.24. The predicted molar refractivity (Wildman–Crippen MR) is 71.0 cm³/mol. The van der Waals surface area contributed by atoms with Gasteiger partial charge in [0.05, 0.1) is 0 Å². The van der Waals surface area contributed by atoms with Gasteiger partial charge in [0.15, 0.2) is 0 Å². The topological polar surface area (TPSA) is 75.9 Å². The standard InChI is InChI=1S/C12H21N5/c1-3-14-10-7-11(17-12(13)16-10)15-8(2)9-5-4-6-9/h7-9H,3-6H2,1-2H3,(H4,13,14,15,16,17). The number of anilines is 3. The van der Waals surface area contributed by atoms with Crippen molar-refractivity contribution < 1.29 is 0 Å². The van der Waals surface area contributed by atoms with Gasteiger partial charge < -0.3 is 16.4 Å². The summed E-state index contributed by atoms with van der Waals surface area (Å²) in [7, 11) is 0. The Labute approximate surface area is 102 Å². The highest BCUT2D eigenvalue weighted by Crippen LogP contribution is 2.30. The Morgan fingerprint density at radius 1 is 1.41 bits per heavy atom. The molecule has 0 spiro atoms. The number of hydrogen-bond acceptors (Lipinski definition) is 5. The van der Waals surface area contributed by atoms with Crippen molar-refractivity contribution in [3.8, 4) is 0 Å². The first kappa shape index (κ1) is 12.0. The zero-order chi connectivity index (χ0) is 12.3. The molecule has 1 atom stereocenters. The van der Waals surface area contributed by atoms with Crippen molar-refractivity contribution in [3.05, 3.63) is 6.07 Å². The Bertz CT molecular complexity index is 375. The summed E-state index contributed by atoms with van der Waals surface area (Å²) in [5.41, 5.74) is 5.69. The monoisotopic (exact) mass is 235 g/mol. The first-order valence-corrected chi connectivity index (χ1v) is 6.34. The molecule has 0 bridgehead atoms. The lowest BCUT2D eigenvalue weighted by molar-refractivity contribution is 0.285. The van der Waals surface area contributed by atoms with E-state index in [4.69, 9.17) is 5.73 Å². The molecule has 1 aliphatic rings. The highest BCUT2D eigenvalue weighted by atomic mass is 15.1. The van der Waals surface area contributed by atoms with Crippen LogP contribution >= 0.6 is 0 Å². The van der Waals surface area contributed by atoms with Crippen molar-refractivity contribution in [1.29, 1.82) is 0 Å². The maximum absolute atomic E-state index is 5.69. The Morgan fingerprint density at radius 2 is 2.12 bits per heavy atom. The molecule has 0 saturated heterocycles. The zero-order valence-electron chi connectivity index (χ0n) is 10.5. The molecule has 1 fully saturated rings. The minimum absolute atomic E-state index is 0.312. The lowest BCUT2D eigenvalue weighted by Crippen LogP contribution is -2.31. The summed E-state index contributed by atoms with van der Waals surface area (Å²) in [5, 5.41) is 6.56. The van der Waals surface area contributed by atoms with Crippen molar-refractivity contribution in [2.45, 2.75) is 39.2 Å². The van der Waals surface area contributed by atoms with Crippen LogP contribution in [0.2, 0.25) is 0 Å². The van der Waals surface area contributed by atoms with Crippen molar-refractivity contribution >= 4 is 17.6 Å². The normalized spacial score (nSPS) is 17.3. The van der Waals surface area contributed by atoms with Crippen LogP contribution in [0.25, 0.3) is 0 Å². The third-order valence-electron chi connectivity index (χ3n) is 3.33. The van der Waals surface area contributed by atoms with Gasteiger partial charge in [0, 0.05) is 18.7 Å². The first-order valence-electron chi connectivity index (χ1n) is 6.34. The highest BCUT2D eigenvalue weighted by molar-refractivity contribution is 5.51. The van der Waals surface area contributed by atoms with Gasteiger partial charge >= 0.3 is 0 Å². The fourth-order valence-electron chi connectivity index (χ4n) is 2.10. The molecule has 1 unspecified atom stereocenters. The maximum atomic E-state index is 5.69. The number of rotatable bonds is 5. The Kier molecular flexibility index (Phi) is 3.66. The third-order valence-corrected chi connectivity index (χ3v) is 3.33. The molecule has 17 heavy (non-hydrogen) atoms. The van der Waals surface area contributed by atoms with Crippen LogP contribution < -0.4 is 16.4 Å². The average molecular weight is 235 g/mol. The second-order valence-corrected chi connectivity index (χ2v) is 4.65. The Balaban J connectivity index is 2.03. The fourth-order valence-corrected chi connectivity index (χ4v) is 2.10. The summed E-state index contributed by atoms with van der Waals surface area (Å²) in [6.45, 7) is 5.06. The number of nitrogen functional groups attached to an aromatic ring is 1. The van der Waals surface area contributed by atoms with Gasteiger partial charge in [-0.05, 0) is 32.6 Å². The van der Waals surface area contributed by atoms with Gasteiger partial charge in [0.25, 0.3) is 0 Å². The molecule has 5 nitrogen and oxygen atoms in total. The molecular weight excluding hydrogens is 214 g/mol. The van der Waals surface area contributed by atoms with E-state index < -0.39 is 0 Å². The summed E-state index contributed by atoms with van der Waals surface area (Å²) in [5.74, 6) is 2.68. The largest absolute Gasteiger partial charge is 0.370 e. The lowest BCUT2D eigenvalue weighted by atomic mass is 9.80. The average Bonchev–Trinajstić information content (AvgIpc) is 2.13. The Hall–Kier alpha value is -1.52. The summed E-state index contributed by atoms with van der Waals surface area (Å²) in [6.07, 6.45) is 3.98. The van der Waals surface area contributed by atoms with Gasteiger partial charge in [-0.1, -0.05) is 6.42 Å². The van der Waals surface area contributed by atoms with Crippen LogP contribution in [0.15, 0.2) is 6.07 Å². The van der Waals surface area contributed by atoms with Gasteiger partial charge in [0.1, 0.15) is 11.6 Å². The van der Waals surface area contributed by atoms with Gasteiger partial charge in [-0.25, -0.2) is 0 Å². The number of nitrogens with two attached hydrogens (primary N) is 1. The molecule has 0 amide bonds. The van der Waals surface area contributed by atoms with Crippen LogP contribution in [0, 0.1) is 5.92 Å². The molecule has 1 heterocycles. The van der Waals surface area contributed by atoms with E-state index in [9.17, 15) is 0 Å². The molecular formula is C12H21N5. The summed E-state index contributed by atoms with van der Waals surface area (Å²) in [4.78, 5) is 8.34. The molecule has 0 radical (unpaired) electrons. The summed E-state index contributed by atoms with van der Waals surface area (Å²) in [6, 6.07) is 2.36. The lowest BCUT2D eigenvalue weighted by Gasteiger charge is -2.32. The van der Waals surface area contributed by atoms with Gasteiger partial charge in [-0.15, -0.1) is 0 Å². The van der Waals surface area contributed by atoms with E-state index in [-0.39, 0.29) is 0 Å². The second-order valence-electron chi connectivity index (χ2n) is 4.65. The molecule has 5 heteroatoms. The fraction of sp³-hybridized carbons (Fsp3) is 0.667. The van der Waals surface area contributed by atoms with Gasteiger partial charge in [-0.3, -0.25) is 0 Å². The smallest absolute Gasteiger partial charge is 0.223 e. The summed E-state index contributed by atoms with van der Waals surface area (Å²) >= 11 is 0.